The molecule has 0 aliphatic rings. The van der Waals surface area contributed by atoms with Gasteiger partial charge in [0.2, 0.25) is 16.9 Å². The number of aromatic nitrogens is 2. The molecule has 116 valence electrons. The molecular formula is C13H15N5O2S2. The van der Waals surface area contributed by atoms with Crippen LogP contribution in [0, 0.1) is 6.92 Å². The van der Waals surface area contributed by atoms with Crippen LogP contribution in [-0.2, 0) is 9.59 Å². The first-order valence-electron chi connectivity index (χ1n) is 6.38. The van der Waals surface area contributed by atoms with E-state index in [2.05, 4.69) is 26.4 Å². The molecule has 0 spiro atoms. The van der Waals surface area contributed by atoms with Crippen molar-refractivity contribution < 1.29 is 9.59 Å². The summed E-state index contributed by atoms with van der Waals surface area (Å²) in [4.78, 5) is 22.1. The second-order valence-electron chi connectivity index (χ2n) is 4.38. The van der Waals surface area contributed by atoms with Gasteiger partial charge in [0.05, 0.1) is 5.75 Å². The van der Waals surface area contributed by atoms with E-state index in [9.17, 15) is 9.59 Å². The van der Waals surface area contributed by atoms with Crippen molar-refractivity contribution in [1.82, 2.24) is 21.0 Å². The molecule has 7 nitrogen and oxygen atoms in total. The summed E-state index contributed by atoms with van der Waals surface area (Å²) in [5, 5.41) is 11.8. The second-order valence-corrected chi connectivity index (χ2v) is 6.58. The number of carbonyl (C=O) groups is 2. The third-order valence-electron chi connectivity index (χ3n) is 2.41. The molecule has 0 unspecified atom stereocenters. The summed E-state index contributed by atoms with van der Waals surface area (Å²) in [6, 6.07) is 7.94. The molecule has 9 heteroatoms. The van der Waals surface area contributed by atoms with E-state index in [1.807, 2.05) is 31.2 Å². The van der Waals surface area contributed by atoms with Gasteiger partial charge >= 0.3 is 0 Å². The van der Waals surface area contributed by atoms with E-state index in [1.54, 1.807) is 0 Å². The van der Waals surface area contributed by atoms with E-state index in [4.69, 9.17) is 0 Å². The van der Waals surface area contributed by atoms with Crippen molar-refractivity contribution in [1.29, 1.82) is 0 Å². The van der Waals surface area contributed by atoms with Crippen LogP contribution in [0.3, 0.4) is 0 Å². The van der Waals surface area contributed by atoms with Crippen molar-refractivity contribution in [2.75, 3.05) is 11.1 Å². The SMILES string of the molecule is CC(=O)NNC(=O)CSc1nnc(Nc2ccc(C)cc2)s1. The lowest BCUT2D eigenvalue weighted by Crippen LogP contribution is -2.41. The van der Waals surface area contributed by atoms with Gasteiger partial charge in [-0.2, -0.15) is 0 Å². The third kappa shape index (κ3) is 5.34. The minimum Gasteiger partial charge on any atom is -0.330 e. The normalized spacial score (nSPS) is 10.1. The molecule has 2 rings (SSSR count). The monoisotopic (exact) mass is 337 g/mol. The first-order valence-corrected chi connectivity index (χ1v) is 8.18. The topological polar surface area (TPSA) is 96.0 Å². The van der Waals surface area contributed by atoms with Gasteiger partial charge in [-0.15, -0.1) is 10.2 Å². The summed E-state index contributed by atoms with van der Waals surface area (Å²) in [5.41, 5.74) is 6.63. The van der Waals surface area contributed by atoms with Gasteiger partial charge in [-0.05, 0) is 19.1 Å². The van der Waals surface area contributed by atoms with E-state index in [-0.39, 0.29) is 17.6 Å². The minimum atomic E-state index is -0.321. The van der Waals surface area contributed by atoms with Crippen molar-refractivity contribution in [2.24, 2.45) is 0 Å². The lowest BCUT2D eigenvalue weighted by atomic mass is 10.2. The Kier molecular flexibility index (Phi) is 5.73. The Labute approximate surface area is 135 Å². The molecule has 2 aromatic rings. The molecule has 1 aromatic carbocycles. The zero-order chi connectivity index (χ0) is 15.9. The van der Waals surface area contributed by atoms with Gasteiger partial charge in [-0.3, -0.25) is 20.4 Å². The lowest BCUT2D eigenvalue weighted by molar-refractivity contribution is -0.126. The van der Waals surface area contributed by atoms with Crippen LogP contribution < -0.4 is 16.2 Å². The van der Waals surface area contributed by atoms with Gasteiger partial charge in [0.25, 0.3) is 0 Å². The number of benzene rings is 1. The number of carbonyl (C=O) groups excluding carboxylic acids is 2. The number of anilines is 2. The number of rotatable bonds is 5. The maximum atomic E-state index is 11.4. The molecule has 22 heavy (non-hydrogen) atoms. The average Bonchev–Trinajstić information content (AvgIpc) is 2.93. The van der Waals surface area contributed by atoms with Crippen LogP contribution in [-0.4, -0.2) is 27.8 Å². The largest absolute Gasteiger partial charge is 0.330 e. The van der Waals surface area contributed by atoms with Crippen molar-refractivity contribution >= 4 is 45.7 Å². The number of hydrogen-bond acceptors (Lipinski definition) is 7. The average molecular weight is 337 g/mol. The fourth-order valence-corrected chi connectivity index (χ4v) is 2.97. The Balaban J connectivity index is 1.82. The summed E-state index contributed by atoms with van der Waals surface area (Å²) >= 11 is 2.62. The van der Waals surface area contributed by atoms with Crippen molar-refractivity contribution in [3.8, 4) is 0 Å². The summed E-state index contributed by atoms with van der Waals surface area (Å²) in [6.07, 6.45) is 0. The minimum absolute atomic E-state index is 0.152. The molecule has 2 amide bonds. The van der Waals surface area contributed by atoms with Crippen LogP contribution in [0.15, 0.2) is 28.6 Å². The van der Waals surface area contributed by atoms with E-state index < -0.39 is 0 Å². The van der Waals surface area contributed by atoms with Crippen molar-refractivity contribution in [3.05, 3.63) is 29.8 Å². The van der Waals surface area contributed by atoms with Crippen LogP contribution in [0.5, 0.6) is 0 Å². The molecule has 0 aliphatic carbocycles. The second kappa shape index (κ2) is 7.76. The Morgan fingerprint density at radius 2 is 1.91 bits per heavy atom. The quantitative estimate of drug-likeness (QED) is 0.569. The number of nitrogens with zero attached hydrogens (tertiary/aromatic N) is 2. The molecule has 0 fully saturated rings. The van der Waals surface area contributed by atoms with Gasteiger partial charge in [-0.1, -0.05) is 40.8 Å². The highest BCUT2D eigenvalue weighted by atomic mass is 32.2. The predicted octanol–water partition coefficient (Wildman–Crippen LogP) is 1.85. The van der Waals surface area contributed by atoms with Crippen LogP contribution in [0.2, 0.25) is 0 Å². The van der Waals surface area contributed by atoms with Gasteiger partial charge < -0.3 is 5.32 Å². The molecule has 0 aliphatic heterocycles. The zero-order valence-electron chi connectivity index (χ0n) is 12.0. The van der Waals surface area contributed by atoms with E-state index in [1.165, 1.54) is 35.6 Å². The summed E-state index contributed by atoms with van der Waals surface area (Å²) < 4.78 is 0.674. The standard InChI is InChI=1S/C13H15N5O2S2/c1-8-3-5-10(6-4-8)14-12-17-18-13(22-12)21-7-11(20)16-15-9(2)19/h3-6H,7H2,1-2H3,(H,14,17)(H,15,19)(H,16,20). The van der Waals surface area contributed by atoms with E-state index >= 15 is 0 Å². The number of thioether (sulfide) groups is 1. The lowest BCUT2D eigenvalue weighted by Gasteiger charge is -2.03. The summed E-state index contributed by atoms with van der Waals surface area (Å²) in [6.45, 7) is 3.34. The van der Waals surface area contributed by atoms with Gasteiger partial charge in [-0.25, -0.2) is 0 Å². The third-order valence-corrected chi connectivity index (χ3v) is 4.39. The molecular weight excluding hydrogens is 322 g/mol. The maximum Gasteiger partial charge on any atom is 0.248 e. The fraction of sp³-hybridized carbons (Fsp3) is 0.231. The molecule has 0 saturated heterocycles. The Morgan fingerprint density at radius 3 is 2.59 bits per heavy atom. The highest BCUT2D eigenvalue weighted by Crippen LogP contribution is 2.27. The molecule has 3 N–H and O–H groups in total. The van der Waals surface area contributed by atoms with Crippen LogP contribution in [0.4, 0.5) is 10.8 Å². The maximum absolute atomic E-state index is 11.4. The van der Waals surface area contributed by atoms with E-state index in [0.717, 1.165) is 5.69 Å². The Hall–Kier alpha value is -2.13. The number of aryl methyl sites for hydroxylation is 1. The molecule has 1 heterocycles. The van der Waals surface area contributed by atoms with Gasteiger partial charge in [0, 0.05) is 12.6 Å². The number of nitrogens with one attached hydrogen (secondary N) is 3. The highest BCUT2D eigenvalue weighted by molar-refractivity contribution is 8.01. The van der Waals surface area contributed by atoms with Crippen molar-refractivity contribution in [3.63, 3.8) is 0 Å². The molecule has 0 bridgehead atoms. The molecule has 0 radical (unpaired) electrons. The first kappa shape index (κ1) is 16.2. The van der Waals surface area contributed by atoms with Gasteiger partial charge in [0.1, 0.15) is 0 Å². The number of hydrogen-bond donors (Lipinski definition) is 3. The zero-order valence-corrected chi connectivity index (χ0v) is 13.7. The first-order chi connectivity index (χ1) is 10.5. The van der Waals surface area contributed by atoms with Crippen LogP contribution in [0.1, 0.15) is 12.5 Å². The number of hydrazine groups is 1. The van der Waals surface area contributed by atoms with Crippen LogP contribution in [0.25, 0.3) is 0 Å². The smallest absolute Gasteiger partial charge is 0.248 e. The molecule has 1 aromatic heterocycles. The molecule has 0 atom stereocenters. The summed E-state index contributed by atoms with van der Waals surface area (Å²) in [7, 11) is 0. The van der Waals surface area contributed by atoms with E-state index in [0.29, 0.717) is 9.47 Å². The fourth-order valence-electron chi connectivity index (χ4n) is 1.40. The highest BCUT2D eigenvalue weighted by Gasteiger charge is 2.08. The Morgan fingerprint density at radius 1 is 1.18 bits per heavy atom. The van der Waals surface area contributed by atoms with Crippen molar-refractivity contribution in [2.45, 2.75) is 18.2 Å². The predicted molar refractivity (Wildman–Crippen MR) is 87.1 cm³/mol. The van der Waals surface area contributed by atoms with Gasteiger partial charge in [0.15, 0.2) is 4.34 Å². The summed E-state index contributed by atoms with van der Waals surface area (Å²) in [5.74, 6) is -0.471. The number of amides is 2. The Bertz CT molecular complexity index is 657. The van der Waals surface area contributed by atoms with Crippen LogP contribution >= 0.6 is 23.1 Å². The molecule has 0 saturated carbocycles.